The summed E-state index contributed by atoms with van der Waals surface area (Å²) in [5.41, 5.74) is 5.57. The van der Waals surface area contributed by atoms with E-state index in [4.69, 9.17) is 4.98 Å². The predicted molar refractivity (Wildman–Crippen MR) is 113 cm³/mol. The molecule has 0 radical (unpaired) electrons. The third kappa shape index (κ3) is 3.62. The van der Waals surface area contributed by atoms with Crippen LogP contribution < -0.4 is 10.2 Å². The largest absolute Gasteiger partial charge is 0.345 e. The molecule has 4 rings (SSSR count). The Morgan fingerprint density at radius 3 is 2.48 bits per heavy atom. The highest BCUT2D eigenvalue weighted by atomic mass is 32.1. The summed E-state index contributed by atoms with van der Waals surface area (Å²) in [6.45, 7) is 9.24. The van der Waals surface area contributed by atoms with E-state index in [1.54, 1.807) is 11.3 Å². The number of amides is 2. The van der Waals surface area contributed by atoms with Crippen LogP contribution in [-0.2, 0) is 0 Å². The van der Waals surface area contributed by atoms with Crippen LogP contribution in [-0.4, -0.2) is 42.1 Å². The van der Waals surface area contributed by atoms with E-state index in [0.717, 1.165) is 29.4 Å². The summed E-state index contributed by atoms with van der Waals surface area (Å²) in [5, 5.41) is 4.07. The van der Waals surface area contributed by atoms with Gasteiger partial charge in [0.1, 0.15) is 0 Å². The molecule has 0 aliphatic carbocycles. The minimum Gasteiger partial charge on any atom is -0.345 e. The zero-order valence-electron chi connectivity index (χ0n) is 16.0. The van der Waals surface area contributed by atoms with Gasteiger partial charge < -0.3 is 15.1 Å². The van der Waals surface area contributed by atoms with Crippen molar-refractivity contribution in [2.45, 2.75) is 20.8 Å². The second kappa shape index (κ2) is 7.19. The lowest BCUT2D eigenvalue weighted by atomic mass is 10.1. The molecule has 0 saturated carbocycles. The number of anilines is 2. The maximum absolute atomic E-state index is 12.6. The van der Waals surface area contributed by atoms with Crippen LogP contribution in [0.3, 0.4) is 0 Å². The van der Waals surface area contributed by atoms with Crippen molar-refractivity contribution in [1.29, 1.82) is 0 Å². The average Bonchev–Trinajstić information content (AvgIpc) is 3.11. The lowest BCUT2D eigenvalue weighted by molar-refractivity contribution is 0.208. The molecule has 3 aromatic rings. The molecule has 140 valence electrons. The van der Waals surface area contributed by atoms with Crippen molar-refractivity contribution in [2.24, 2.45) is 0 Å². The van der Waals surface area contributed by atoms with Gasteiger partial charge >= 0.3 is 6.03 Å². The molecule has 0 spiro atoms. The molecule has 2 heterocycles. The number of carbonyl (C=O) groups is 1. The van der Waals surface area contributed by atoms with Gasteiger partial charge in [0.2, 0.25) is 0 Å². The van der Waals surface area contributed by atoms with Gasteiger partial charge in [-0.05, 0) is 55.7 Å². The zero-order valence-corrected chi connectivity index (χ0v) is 16.8. The van der Waals surface area contributed by atoms with Crippen LogP contribution >= 0.6 is 11.3 Å². The van der Waals surface area contributed by atoms with Crippen LogP contribution in [0.2, 0.25) is 0 Å². The van der Waals surface area contributed by atoms with E-state index >= 15 is 0 Å². The quantitative estimate of drug-likeness (QED) is 0.708. The Morgan fingerprint density at radius 1 is 1.00 bits per heavy atom. The average molecular weight is 381 g/mol. The standard InChI is InChI=1S/C21H24N4OS/c1-14-7-8-17(13-16(14)3)22-20(26)24-9-11-25(12-10-24)21-23-19-15(2)5-4-6-18(19)27-21/h4-8,13H,9-12H2,1-3H3,(H,22,26). The molecule has 2 aromatic carbocycles. The maximum Gasteiger partial charge on any atom is 0.321 e. The predicted octanol–water partition coefficient (Wildman–Crippen LogP) is 4.58. The van der Waals surface area contributed by atoms with Crippen molar-refractivity contribution in [3.05, 3.63) is 53.1 Å². The highest BCUT2D eigenvalue weighted by Gasteiger charge is 2.23. The number of piperazine rings is 1. The number of hydrogen-bond donors (Lipinski definition) is 1. The van der Waals surface area contributed by atoms with Crippen LogP contribution in [0.4, 0.5) is 15.6 Å². The van der Waals surface area contributed by atoms with Gasteiger partial charge in [0.15, 0.2) is 5.13 Å². The number of thiazole rings is 1. The zero-order chi connectivity index (χ0) is 19.0. The molecule has 0 unspecified atom stereocenters. The number of nitrogens with one attached hydrogen (secondary N) is 1. The minimum atomic E-state index is -0.0296. The smallest absolute Gasteiger partial charge is 0.321 e. The number of fused-ring (bicyclic) bond motifs is 1. The molecule has 1 fully saturated rings. The topological polar surface area (TPSA) is 48.5 Å². The molecule has 1 aromatic heterocycles. The van der Waals surface area contributed by atoms with E-state index in [0.29, 0.717) is 13.1 Å². The third-order valence-electron chi connectivity index (χ3n) is 5.21. The van der Waals surface area contributed by atoms with Crippen LogP contribution in [0.1, 0.15) is 16.7 Å². The second-order valence-corrected chi connectivity index (χ2v) is 8.13. The fraction of sp³-hybridized carbons (Fsp3) is 0.333. The maximum atomic E-state index is 12.6. The fourth-order valence-electron chi connectivity index (χ4n) is 3.33. The number of aromatic nitrogens is 1. The van der Waals surface area contributed by atoms with Crippen molar-refractivity contribution in [2.75, 3.05) is 36.4 Å². The first-order valence-electron chi connectivity index (χ1n) is 9.25. The van der Waals surface area contributed by atoms with Crippen LogP contribution in [0.15, 0.2) is 36.4 Å². The number of aryl methyl sites for hydroxylation is 3. The number of para-hydroxylation sites is 1. The lowest BCUT2D eigenvalue weighted by Crippen LogP contribution is -2.50. The molecule has 27 heavy (non-hydrogen) atoms. The van der Waals surface area contributed by atoms with E-state index in [1.807, 2.05) is 23.1 Å². The molecule has 1 aliphatic heterocycles. The summed E-state index contributed by atoms with van der Waals surface area (Å²) in [6.07, 6.45) is 0. The van der Waals surface area contributed by atoms with Gasteiger partial charge in [0.05, 0.1) is 10.2 Å². The molecule has 0 bridgehead atoms. The summed E-state index contributed by atoms with van der Waals surface area (Å²) in [5.74, 6) is 0. The Labute approximate surface area is 163 Å². The molecule has 0 atom stereocenters. The molecular weight excluding hydrogens is 356 g/mol. The first kappa shape index (κ1) is 17.8. The normalized spacial score (nSPS) is 14.6. The van der Waals surface area contributed by atoms with Gasteiger partial charge in [0.25, 0.3) is 0 Å². The molecule has 5 nitrogen and oxygen atoms in total. The molecule has 1 aliphatic rings. The van der Waals surface area contributed by atoms with Gasteiger partial charge in [-0.15, -0.1) is 0 Å². The van der Waals surface area contributed by atoms with Crippen LogP contribution in [0.5, 0.6) is 0 Å². The first-order chi connectivity index (χ1) is 13.0. The number of nitrogens with zero attached hydrogens (tertiary/aromatic N) is 3. The van der Waals surface area contributed by atoms with Crippen LogP contribution in [0, 0.1) is 20.8 Å². The number of hydrogen-bond acceptors (Lipinski definition) is 4. The van der Waals surface area contributed by atoms with E-state index in [2.05, 4.69) is 49.2 Å². The number of benzene rings is 2. The van der Waals surface area contributed by atoms with Gasteiger partial charge in [-0.2, -0.15) is 0 Å². The Hall–Kier alpha value is -2.60. The van der Waals surface area contributed by atoms with E-state index in [1.165, 1.54) is 21.4 Å². The first-order valence-corrected chi connectivity index (χ1v) is 10.1. The SMILES string of the molecule is Cc1ccc(NC(=O)N2CCN(c3nc4c(C)cccc4s3)CC2)cc1C. The van der Waals surface area contributed by atoms with Crippen molar-refractivity contribution in [3.8, 4) is 0 Å². The monoisotopic (exact) mass is 380 g/mol. The Bertz CT molecular complexity index is 989. The molecule has 1 saturated heterocycles. The van der Waals surface area contributed by atoms with Gasteiger partial charge in [0, 0.05) is 31.9 Å². The Morgan fingerprint density at radius 2 is 1.78 bits per heavy atom. The van der Waals surface area contributed by atoms with Gasteiger partial charge in [-0.1, -0.05) is 29.5 Å². The van der Waals surface area contributed by atoms with E-state index < -0.39 is 0 Å². The van der Waals surface area contributed by atoms with Gasteiger partial charge in [-0.25, -0.2) is 9.78 Å². The van der Waals surface area contributed by atoms with Crippen molar-refractivity contribution in [3.63, 3.8) is 0 Å². The van der Waals surface area contributed by atoms with E-state index in [9.17, 15) is 4.79 Å². The summed E-state index contributed by atoms with van der Waals surface area (Å²) in [6, 6.07) is 12.3. The molecule has 1 N–H and O–H groups in total. The molecular formula is C21H24N4OS. The Kier molecular flexibility index (Phi) is 4.74. The Balaban J connectivity index is 1.39. The number of urea groups is 1. The van der Waals surface area contributed by atoms with Crippen molar-refractivity contribution < 1.29 is 4.79 Å². The highest BCUT2D eigenvalue weighted by Crippen LogP contribution is 2.31. The van der Waals surface area contributed by atoms with Crippen molar-refractivity contribution in [1.82, 2.24) is 9.88 Å². The summed E-state index contributed by atoms with van der Waals surface area (Å²) < 4.78 is 1.22. The lowest BCUT2D eigenvalue weighted by Gasteiger charge is -2.34. The van der Waals surface area contributed by atoms with Crippen LogP contribution in [0.25, 0.3) is 10.2 Å². The van der Waals surface area contributed by atoms with E-state index in [-0.39, 0.29) is 6.03 Å². The minimum absolute atomic E-state index is 0.0296. The number of carbonyl (C=O) groups excluding carboxylic acids is 1. The fourth-order valence-corrected chi connectivity index (χ4v) is 4.43. The van der Waals surface area contributed by atoms with Crippen molar-refractivity contribution >= 4 is 38.4 Å². The summed E-state index contributed by atoms with van der Waals surface area (Å²) in [7, 11) is 0. The third-order valence-corrected chi connectivity index (χ3v) is 6.29. The highest BCUT2D eigenvalue weighted by molar-refractivity contribution is 7.22. The molecule has 2 amide bonds. The summed E-state index contributed by atoms with van der Waals surface area (Å²) in [4.78, 5) is 21.6. The number of rotatable bonds is 2. The van der Waals surface area contributed by atoms with Gasteiger partial charge in [-0.3, -0.25) is 0 Å². The molecule has 6 heteroatoms. The summed E-state index contributed by atoms with van der Waals surface area (Å²) >= 11 is 1.73. The second-order valence-electron chi connectivity index (χ2n) is 7.12.